The Morgan fingerprint density at radius 2 is 2.04 bits per heavy atom. The lowest BCUT2D eigenvalue weighted by Crippen LogP contribution is -2.48. The summed E-state index contributed by atoms with van der Waals surface area (Å²) in [6, 6.07) is 8.37. The topological polar surface area (TPSA) is 57.2 Å². The van der Waals surface area contributed by atoms with Crippen LogP contribution in [0, 0.1) is 6.92 Å². The Kier molecular flexibility index (Phi) is 8.58. The van der Waals surface area contributed by atoms with Crippen LogP contribution in [0.25, 0.3) is 0 Å². The molecule has 0 bridgehead atoms. The van der Waals surface area contributed by atoms with Crippen molar-refractivity contribution < 1.29 is 9.53 Å². The molecule has 0 spiro atoms. The van der Waals surface area contributed by atoms with Crippen LogP contribution in [0.4, 0.5) is 0 Å². The quantitative estimate of drug-likeness (QED) is 0.589. The van der Waals surface area contributed by atoms with E-state index in [4.69, 9.17) is 9.73 Å². The van der Waals surface area contributed by atoms with Gasteiger partial charge in [-0.25, -0.2) is 0 Å². The molecule has 2 rings (SSSR count). The maximum absolute atomic E-state index is 12.2. The number of carbonyl (C=O) groups excluding carboxylic acids is 1. The molecule has 1 amide bonds. The van der Waals surface area contributed by atoms with Gasteiger partial charge in [-0.2, -0.15) is 0 Å². The van der Waals surface area contributed by atoms with Gasteiger partial charge in [0.2, 0.25) is 5.91 Å². The Morgan fingerprint density at radius 3 is 2.70 bits per heavy atom. The minimum Gasteiger partial charge on any atom is -0.370 e. The summed E-state index contributed by atoms with van der Waals surface area (Å²) in [6.45, 7) is 13.2. The van der Waals surface area contributed by atoms with Crippen molar-refractivity contribution in [3.63, 3.8) is 0 Å². The summed E-state index contributed by atoms with van der Waals surface area (Å²) in [6.07, 6.45) is 0.489. The van der Waals surface area contributed by atoms with Gasteiger partial charge in [0.05, 0.1) is 19.7 Å². The standard InChI is InChI=1S/C21H34N4O2/c1-5-22-21(23-13-12-20(26)24(6-2)7-3)25-14-15-27-19(16-25)18-11-9-8-10-17(18)4/h8-11,19H,5-7,12-16H2,1-4H3,(H,22,23). The van der Waals surface area contributed by atoms with Gasteiger partial charge in [-0.05, 0) is 38.8 Å². The summed E-state index contributed by atoms with van der Waals surface area (Å²) < 4.78 is 6.02. The largest absolute Gasteiger partial charge is 0.370 e. The lowest BCUT2D eigenvalue weighted by Gasteiger charge is -2.35. The van der Waals surface area contributed by atoms with Crippen molar-refractivity contribution in [2.24, 2.45) is 4.99 Å². The Bertz CT molecular complexity index is 628. The highest BCUT2D eigenvalue weighted by atomic mass is 16.5. The first-order valence-corrected chi connectivity index (χ1v) is 10.1. The van der Waals surface area contributed by atoms with E-state index in [2.05, 4.69) is 48.3 Å². The molecule has 1 aliphatic heterocycles. The van der Waals surface area contributed by atoms with Gasteiger partial charge in [0.25, 0.3) is 0 Å². The summed E-state index contributed by atoms with van der Waals surface area (Å²) in [4.78, 5) is 21.0. The predicted molar refractivity (Wildman–Crippen MR) is 110 cm³/mol. The number of amides is 1. The van der Waals surface area contributed by atoms with E-state index in [9.17, 15) is 4.79 Å². The Labute approximate surface area is 163 Å². The van der Waals surface area contributed by atoms with Crippen molar-refractivity contribution in [3.8, 4) is 0 Å². The van der Waals surface area contributed by atoms with E-state index < -0.39 is 0 Å². The van der Waals surface area contributed by atoms with Crippen LogP contribution < -0.4 is 5.32 Å². The van der Waals surface area contributed by atoms with Crippen molar-refractivity contribution in [1.29, 1.82) is 0 Å². The molecule has 1 aliphatic rings. The zero-order chi connectivity index (χ0) is 19.6. The van der Waals surface area contributed by atoms with Gasteiger partial charge < -0.3 is 19.9 Å². The molecule has 1 aromatic carbocycles. The van der Waals surface area contributed by atoms with Crippen LogP contribution in [-0.2, 0) is 9.53 Å². The van der Waals surface area contributed by atoms with Gasteiger partial charge >= 0.3 is 0 Å². The molecule has 0 aliphatic carbocycles. The van der Waals surface area contributed by atoms with Gasteiger partial charge in [0, 0.05) is 32.6 Å². The first-order valence-electron chi connectivity index (χ1n) is 10.1. The third kappa shape index (κ3) is 5.96. The summed E-state index contributed by atoms with van der Waals surface area (Å²) in [5, 5.41) is 3.37. The average molecular weight is 375 g/mol. The van der Waals surface area contributed by atoms with Crippen LogP contribution in [0.15, 0.2) is 29.3 Å². The first-order chi connectivity index (χ1) is 13.1. The fourth-order valence-electron chi connectivity index (χ4n) is 3.40. The monoisotopic (exact) mass is 374 g/mol. The number of hydrogen-bond donors (Lipinski definition) is 1. The van der Waals surface area contributed by atoms with Gasteiger partial charge in [-0.3, -0.25) is 9.79 Å². The number of nitrogens with one attached hydrogen (secondary N) is 1. The summed E-state index contributed by atoms with van der Waals surface area (Å²) in [5.74, 6) is 1.03. The lowest BCUT2D eigenvalue weighted by molar-refractivity contribution is -0.130. The molecule has 0 saturated carbocycles. The van der Waals surface area contributed by atoms with Crippen LogP contribution in [0.1, 0.15) is 44.4 Å². The molecule has 1 saturated heterocycles. The molecule has 1 heterocycles. The van der Waals surface area contributed by atoms with E-state index in [-0.39, 0.29) is 12.0 Å². The van der Waals surface area contributed by atoms with Crippen molar-refractivity contribution in [3.05, 3.63) is 35.4 Å². The molecule has 150 valence electrons. The second-order valence-electron chi connectivity index (χ2n) is 6.71. The summed E-state index contributed by atoms with van der Waals surface area (Å²) >= 11 is 0. The molecular weight excluding hydrogens is 340 g/mol. The SMILES string of the molecule is CCNC(=NCCC(=O)N(CC)CC)N1CCOC(c2ccccc2C)C1. The molecular formula is C21H34N4O2. The number of guanidine groups is 1. The molecule has 1 aromatic rings. The minimum atomic E-state index is 0.0427. The van der Waals surface area contributed by atoms with Crippen LogP contribution >= 0.6 is 0 Å². The molecule has 1 atom stereocenters. The van der Waals surface area contributed by atoms with Crippen molar-refractivity contribution in [2.45, 2.75) is 40.2 Å². The van der Waals surface area contributed by atoms with Crippen LogP contribution in [0.5, 0.6) is 0 Å². The Morgan fingerprint density at radius 1 is 1.30 bits per heavy atom. The number of aryl methyl sites for hydroxylation is 1. The molecule has 6 nitrogen and oxygen atoms in total. The third-order valence-corrected chi connectivity index (χ3v) is 4.94. The number of benzene rings is 1. The smallest absolute Gasteiger partial charge is 0.224 e. The lowest BCUT2D eigenvalue weighted by atomic mass is 10.0. The number of rotatable bonds is 7. The van der Waals surface area contributed by atoms with E-state index in [0.717, 1.165) is 38.7 Å². The van der Waals surface area contributed by atoms with Gasteiger partial charge in [-0.1, -0.05) is 24.3 Å². The predicted octanol–water partition coefficient (Wildman–Crippen LogP) is 2.59. The molecule has 6 heteroatoms. The second kappa shape index (κ2) is 10.9. The van der Waals surface area contributed by atoms with E-state index in [1.54, 1.807) is 0 Å². The number of carbonyl (C=O) groups is 1. The average Bonchev–Trinajstić information content (AvgIpc) is 2.69. The van der Waals surface area contributed by atoms with E-state index >= 15 is 0 Å². The minimum absolute atomic E-state index is 0.0427. The fourth-order valence-corrected chi connectivity index (χ4v) is 3.40. The molecule has 0 aromatic heterocycles. The number of ether oxygens (including phenoxy) is 1. The van der Waals surface area contributed by atoms with Gasteiger partial charge in [-0.15, -0.1) is 0 Å². The van der Waals surface area contributed by atoms with Crippen LogP contribution in [0.2, 0.25) is 0 Å². The van der Waals surface area contributed by atoms with Crippen molar-refractivity contribution >= 4 is 11.9 Å². The summed E-state index contributed by atoms with van der Waals surface area (Å²) in [7, 11) is 0. The van der Waals surface area contributed by atoms with Crippen LogP contribution in [-0.4, -0.2) is 67.5 Å². The Balaban J connectivity index is 2.02. The molecule has 27 heavy (non-hydrogen) atoms. The molecule has 1 N–H and O–H groups in total. The normalized spacial score (nSPS) is 17.7. The first kappa shape index (κ1) is 21.2. The number of hydrogen-bond acceptors (Lipinski definition) is 3. The van der Waals surface area contributed by atoms with Crippen molar-refractivity contribution in [2.75, 3.05) is 45.9 Å². The molecule has 1 fully saturated rings. The fraction of sp³-hybridized carbons (Fsp3) is 0.619. The van der Waals surface area contributed by atoms with E-state index in [1.165, 1.54) is 11.1 Å². The molecule has 1 unspecified atom stereocenters. The zero-order valence-corrected chi connectivity index (χ0v) is 17.2. The number of morpholine rings is 1. The third-order valence-electron chi connectivity index (χ3n) is 4.94. The highest BCUT2D eigenvalue weighted by Crippen LogP contribution is 2.24. The number of nitrogens with zero attached hydrogens (tertiary/aromatic N) is 3. The second-order valence-corrected chi connectivity index (χ2v) is 6.71. The van der Waals surface area contributed by atoms with E-state index in [1.807, 2.05) is 18.7 Å². The maximum Gasteiger partial charge on any atom is 0.224 e. The maximum atomic E-state index is 12.2. The number of aliphatic imine (C=N–C) groups is 1. The van der Waals surface area contributed by atoms with Gasteiger partial charge in [0.15, 0.2) is 5.96 Å². The van der Waals surface area contributed by atoms with Crippen LogP contribution in [0.3, 0.4) is 0 Å². The zero-order valence-electron chi connectivity index (χ0n) is 17.2. The molecule has 0 radical (unpaired) electrons. The van der Waals surface area contributed by atoms with Gasteiger partial charge in [0.1, 0.15) is 6.10 Å². The Hall–Kier alpha value is -2.08. The highest BCUT2D eigenvalue weighted by molar-refractivity contribution is 5.81. The van der Waals surface area contributed by atoms with Crippen molar-refractivity contribution in [1.82, 2.24) is 15.1 Å². The highest BCUT2D eigenvalue weighted by Gasteiger charge is 2.25. The van der Waals surface area contributed by atoms with E-state index in [0.29, 0.717) is 19.6 Å². The summed E-state index contributed by atoms with van der Waals surface area (Å²) in [5.41, 5.74) is 2.48.